The first kappa shape index (κ1) is 20.6. The smallest absolute Gasteiger partial charge is 0.319 e. The highest BCUT2D eigenvalue weighted by atomic mass is 35.5. The molecule has 144 valence electrons. The molecule has 2 rings (SSSR count). The van der Waals surface area contributed by atoms with Gasteiger partial charge in [0.15, 0.2) is 0 Å². The molecule has 0 aliphatic rings. The lowest BCUT2D eigenvalue weighted by Crippen LogP contribution is -2.29. The van der Waals surface area contributed by atoms with Crippen molar-refractivity contribution >= 4 is 34.9 Å². The first-order chi connectivity index (χ1) is 13.0. The molecule has 0 atom stereocenters. The number of hydrogen-bond acceptors (Lipinski definition) is 3. The summed E-state index contributed by atoms with van der Waals surface area (Å²) in [5, 5.41) is 8.62. The lowest BCUT2D eigenvalue weighted by molar-refractivity contribution is -0.114. The number of unbranched alkanes of at least 4 members (excludes halogenated alkanes) is 2. The number of benzene rings is 2. The molecule has 3 amide bonds. The SMILES string of the molecule is CCCCCNC(=O)Nc1ccc(Oc2ccc(NC(C)=O)cc2)c(Cl)c1. The van der Waals surface area contributed by atoms with E-state index in [4.69, 9.17) is 16.3 Å². The number of rotatable bonds is 8. The van der Waals surface area contributed by atoms with Crippen LogP contribution in [0.2, 0.25) is 5.02 Å². The van der Waals surface area contributed by atoms with Gasteiger partial charge in [-0.05, 0) is 48.9 Å². The second-order valence-corrected chi connectivity index (χ2v) is 6.45. The predicted molar refractivity (Wildman–Crippen MR) is 109 cm³/mol. The summed E-state index contributed by atoms with van der Waals surface area (Å²) in [6.07, 6.45) is 3.15. The molecule has 0 saturated heterocycles. The molecule has 3 N–H and O–H groups in total. The summed E-state index contributed by atoms with van der Waals surface area (Å²) in [6.45, 7) is 4.21. The van der Waals surface area contributed by atoms with E-state index in [1.54, 1.807) is 42.5 Å². The van der Waals surface area contributed by atoms with Crippen molar-refractivity contribution in [2.75, 3.05) is 17.2 Å². The fourth-order valence-corrected chi connectivity index (χ4v) is 2.57. The van der Waals surface area contributed by atoms with Gasteiger partial charge < -0.3 is 20.7 Å². The number of carbonyl (C=O) groups excluding carboxylic acids is 2. The van der Waals surface area contributed by atoms with Gasteiger partial charge in [0.1, 0.15) is 11.5 Å². The van der Waals surface area contributed by atoms with E-state index in [0.29, 0.717) is 34.4 Å². The average molecular weight is 390 g/mol. The monoisotopic (exact) mass is 389 g/mol. The summed E-state index contributed by atoms with van der Waals surface area (Å²) in [5.41, 5.74) is 1.27. The van der Waals surface area contributed by atoms with Crippen molar-refractivity contribution in [3.63, 3.8) is 0 Å². The Morgan fingerprint density at radius 1 is 1.00 bits per heavy atom. The Morgan fingerprint density at radius 2 is 1.70 bits per heavy atom. The first-order valence-corrected chi connectivity index (χ1v) is 9.25. The minimum Gasteiger partial charge on any atom is -0.456 e. The quantitative estimate of drug-likeness (QED) is 0.528. The van der Waals surface area contributed by atoms with Gasteiger partial charge >= 0.3 is 6.03 Å². The van der Waals surface area contributed by atoms with Gasteiger partial charge in [0, 0.05) is 24.8 Å². The van der Waals surface area contributed by atoms with E-state index in [1.807, 2.05) is 0 Å². The molecule has 2 aromatic carbocycles. The predicted octanol–water partition coefficient (Wildman–Crippen LogP) is 5.40. The number of hydrogen-bond donors (Lipinski definition) is 3. The zero-order chi connectivity index (χ0) is 19.6. The van der Waals surface area contributed by atoms with E-state index in [1.165, 1.54) is 6.92 Å². The molecule has 7 heteroatoms. The van der Waals surface area contributed by atoms with E-state index in [2.05, 4.69) is 22.9 Å². The Morgan fingerprint density at radius 3 is 2.33 bits per heavy atom. The van der Waals surface area contributed by atoms with Crippen molar-refractivity contribution in [1.82, 2.24) is 5.32 Å². The number of urea groups is 1. The third kappa shape index (κ3) is 7.19. The molecule has 0 saturated carbocycles. The summed E-state index contributed by atoms with van der Waals surface area (Å²) < 4.78 is 5.75. The topological polar surface area (TPSA) is 79.5 Å². The van der Waals surface area contributed by atoms with Crippen LogP contribution in [0.3, 0.4) is 0 Å². The number of anilines is 2. The van der Waals surface area contributed by atoms with E-state index in [9.17, 15) is 9.59 Å². The van der Waals surface area contributed by atoms with Crippen LogP contribution in [0.15, 0.2) is 42.5 Å². The second-order valence-electron chi connectivity index (χ2n) is 6.04. The summed E-state index contributed by atoms with van der Waals surface area (Å²) in [4.78, 5) is 22.9. The van der Waals surface area contributed by atoms with Crippen molar-refractivity contribution in [1.29, 1.82) is 0 Å². The van der Waals surface area contributed by atoms with Gasteiger partial charge in [0.05, 0.1) is 5.02 Å². The second kappa shape index (κ2) is 10.4. The van der Waals surface area contributed by atoms with Gasteiger partial charge in [-0.15, -0.1) is 0 Å². The van der Waals surface area contributed by atoms with Crippen LogP contribution >= 0.6 is 11.6 Å². The molecule has 0 bridgehead atoms. The van der Waals surface area contributed by atoms with Crippen molar-refractivity contribution < 1.29 is 14.3 Å². The molecular weight excluding hydrogens is 366 g/mol. The van der Waals surface area contributed by atoms with Crippen LogP contribution in [0, 0.1) is 0 Å². The molecule has 0 aromatic heterocycles. The van der Waals surface area contributed by atoms with Crippen LogP contribution in [0.1, 0.15) is 33.1 Å². The summed E-state index contributed by atoms with van der Waals surface area (Å²) in [7, 11) is 0. The Kier molecular flexibility index (Phi) is 7.95. The lowest BCUT2D eigenvalue weighted by atomic mass is 10.2. The van der Waals surface area contributed by atoms with Crippen molar-refractivity contribution in [3.05, 3.63) is 47.5 Å². The van der Waals surface area contributed by atoms with Crippen LogP contribution in [0.25, 0.3) is 0 Å². The van der Waals surface area contributed by atoms with E-state index >= 15 is 0 Å². The van der Waals surface area contributed by atoms with Gasteiger partial charge in [-0.3, -0.25) is 4.79 Å². The molecule has 0 spiro atoms. The summed E-state index contributed by atoms with van der Waals surface area (Å²) >= 11 is 6.25. The van der Waals surface area contributed by atoms with Crippen LogP contribution < -0.4 is 20.7 Å². The summed E-state index contributed by atoms with van der Waals surface area (Å²) in [6, 6.07) is 11.7. The van der Waals surface area contributed by atoms with Crippen LogP contribution in [0.4, 0.5) is 16.2 Å². The van der Waals surface area contributed by atoms with Crippen molar-refractivity contribution in [2.45, 2.75) is 33.1 Å². The molecule has 0 aliphatic carbocycles. The maximum atomic E-state index is 11.8. The van der Waals surface area contributed by atoms with E-state index in [0.717, 1.165) is 19.3 Å². The Bertz CT molecular complexity index is 779. The number of nitrogens with one attached hydrogen (secondary N) is 3. The van der Waals surface area contributed by atoms with Gasteiger partial charge in [-0.2, -0.15) is 0 Å². The maximum absolute atomic E-state index is 11.8. The molecule has 2 aromatic rings. The Hall–Kier alpha value is -2.73. The Balaban J connectivity index is 1.92. The van der Waals surface area contributed by atoms with Gasteiger partial charge in [-0.1, -0.05) is 31.4 Å². The normalized spacial score (nSPS) is 10.2. The van der Waals surface area contributed by atoms with Gasteiger partial charge in [0.25, 0.3) is 0 Å². The fourth-order valence-electron chi connectivity index (χ4n) is 2.35. The molecule has 0 radical (unpaired) electrons. The molecular formula is C20H24ClN3O3. The zero-order valence-corrected chi connectivity index (χ0v) is 16.2. The molecule has 27 heavy (non-hydrogen) atoms. The van der Waals surface area contributed by atoms with Gasteiger partial charge in [0.2, 0.25) is 5.91 Å². The first-order valence-electron chi connectivity index (χ1n) is 8.88. The molecule has 0 fully saturated rings. The molecule has 0 aliphatic heterocycles. The number of amides is 3. The molecule has 0 unspecified atom stereocenters. The molecule has 0 heterocycles. The third-order valence-corrected chi connectivity index (χ3v) is 3.95. The minimum absolute atomic E-state index is 0.135. The van der Waals surface area contributed by atoms with Gasteiger partial charge in [-0.25, -0.2) is 4.79 Å². The average Bonchev–Trinajstić information content (AvgIpc) is 2.62. The third-order valence-electron chi connectivity index (χ3n) is 3.66. The van der Waals surface area contributed by atoms with E-state index < -0.39 is 0 Å². The highest BCUT2D eigenvalue weighted by Gasteiger charge is 2.07. The fraction of sp³-hybridized carbons (Fsp3) is 0.300. The highest BCUT2D eigenvalue weighted by Crippen LogP contribution is 2.32. The largest absolute Gasteiger partial charge is 0.456 e. The van der Waals surface area contributed by atoms with E-state index in [-0.39, 0.29) is 11.9 Å². The molecule has 6 nitrogen and oxygen atoms in total. The number of halogens is 1. The maximum Gasteiger partial charge on any atom is 0.319 e. The van der Waals surface area contributed by atoms with Crippen LogP contribution in [-0.2, 0) is 4.79 Å². The Labute approximate surface area is 164 Å². The minimum atomic E-state index is -0.260. The highest BCUT2D eigenvalue weighted by molar-refractivity contribution is 6.32. The lowest BCUT2D eigenvalue weighted by Gasteiger charge is -2.11. The number of carbonyl (C=O) groups is 2. The van der Waals surface area contributed by atoms with Crippen molar-refractivity contribution in [3.8, 4) is 11.5 Å². The zero-order valence-electron chi connectivity index (χ0n) is 15.5. The number of ether oxygens (including phenoxy) is 1. The summed E-state index contributed by atoms with van der Waals surface area (Å²) in [5.74, 6) is 0.919. The standard InChI is InChI=1S/C20H24ClN3O3/c1-3-4-5-12-22-20(26)24-16-8-11-19(18(21)13-16)27-17-9-6-15(7-10-17)23-14(2)25/h6-11,13H,3-5,12H2,1-2H3,(H,23,25)(H2,22,24,26). The van der Waals surface area contributed by atoms with Crippen LogP contribution in [-0.4, -0.2) is 18.5 Å². The van der Waals surface area contributed by atoms with Crippen molar-refractivity contribution in [2.24, 2.45) is 0 Å². The van der Waals surface area contributed by atoms with Crippen LogP contribution in [0.5, 0.6) is 11.5 Å².